The highest BCUT2D eigenvalue weighted by atomic mass is 32.2. The Labute approximate surface area is 128 Å². The van der Waals surface area contributed by atoms with Gasteiger partial charge in [0.15, 0.2) is 0 Å². The molecule has 2 rings (SSSR count). The highest BCUT2D eigenvalue weighted by Crippen LogP contribution is 2.31. The summed E-state index contributed by atoms with van der Waals surface area (Å²) in [7, 11) is -1.39. The van der Waals surface area contributed by atoms with Gasteiger partial charge in [0, 0.05) is 12.6 Å². The van der Waals surface area contributed by atoms with Gasteiger partial charge in [-0.15, -0.1) is 0 Å². The average Bonchev–Trinajstić information content (AvgIpc) is 2.70. The minimum atomic E-state index is -3.28. The SMILES string of the molecule is CNCc1cccc(CS(=O)(=O)NC2CCC(C)C2C)c1. The average molecular weight is 310 g/mol. The van der Waals surface area contributed by atoms with E-state index in [4.69, 9.17) is 0 Å². The molecule has 1 saturated carbocycles. The van der Waals surface area contributed by atoms with Gasteiger partial charge in [-0.3, -0.25) is 0 Å². The van der Waals surface area contributed by atoms with Crippen molar-refractivity contribution >= 4 is 10.0 Å². The van der Waals surface area contributed by atoms with Gasteiger partial charge in [-0.1, -0.05) is 38.1 Å². The second-order valence-corrected chi connectivity index (χ2v) is 8.00. The summed E-state index contributed by atoms with van der Waals surface area (Å²) in [6.07, 6.45) is 2.05. The van der Waals surface area contributed by atoms with Crippen LogP contribution in [0.2, 0.25) is 0 Å². The molecule has 0 spiro atoms. The summed E-state index contributed by atoms with van der Waals surface area (Å²) in [5.74, 6) is 1.06. The Morgan fingerprint density at radius 2 is 1.90 bits per heavy atom. The summed E-state index contributed by atoms with van der Waals surface area (Å²) < 4.78 is 27.6. The molecule has 1 aliphatic rings. The van der Waals surface area contributed by atoms with Crippen LogP contribution in [0.25, 0.3) is 0 Å². The molecule has 21 heavy (non-hydrogen) atoms. The van der Waals surface area contributed by atoms with Crippen molar-refractivity contribution in [2.45, 2.75) is 45.0 Å². The van der Waals surface area contributed by atoms with Crippen molar-refractivity contribution in [3.8, 4) is 0 Å². The van der Waals surface area contributed by atoms with Crippen molar-refractivity contribution in [1.29, 1.82) is 0 Å². The lowest BCUT2D eigenvalue weighted by Crippen LogP contribution is -2.38. The summed E-state index contributed by atoms with van der Waals surface area (Å²) in [5.41, 5.74) is 1.95. The van der Waals surface area contributed by atoms with Gasteiger partial charge >= 0.3 is 0 Å². The third kappa shape index (κ3) is 4.53. The van der Waals surface area contributed by atoms with Crippen LogP contribution in [0.15, 0.2) is 24.3 Å². The van der Waals surface area contributed by atoms with Gasteiger partial charge in [0.25, 0.3) is 0 Å². The van der Waals surface area contributed by atoms with Crippen LogP contribution in [0, 0.1) is 11.8 Å². The molecule has 118 valence electrons. The van der Waals surface area contributed by atoms with Gasteiger partial charge in [-0.2, -0.15) is 0 Å². The number of hydrogen-bond acceptors (Lipinski definition) is 3. The monoisotopic (exact) mass is 310 g/mol. The smallest absolute Gasteiger partial charge is 0.216 e. The molecule has 4 nitrogen and oxygen atoms in total. The molecule has 0 bridgehead atoms. The molecule has 0 saturated heterocycles. The van der Waals surface area contributed by atoms with Crippen LogP contribution in [-0.4, -0.2) is 21.5 Å². The second kappa shape index (κ2) is 6.90. The topological polar surface area (TPSA) is 58.2 Å². The number of benzene rings is 1. The molecule has 0 aliphatic heterocycles. The van der Waals surface area contributed by atoms with E-state index in [1.54, 1.807) is 0 Å². The Kier molecular flexibility index (Phi) is 5.41. The maximum atomic E-state index is 12.4. The van der Waals surface area contributed by atoms with Gasteiger partial charge in [-0.05, 0) is 42.9 Å². The Morgan fingerprint density at radius 1 is 1.19 bits per heavy atom. The molecule has 0 heterocycles. The van der Waals surface area contributed by atoms with E-state index in [0.29, 0.717) is 11.8 Å². The minimum absolute atomic E-state index is 0.0577. The second-order valence-electron chi connectivity index (χ2n) is 6.25. The van der Waals surface area contributed by atoms with E-state index in [0.717, 1.165) is 30.5 Å². The molecular weight excluding hydrogens is 284 g/mol. The fourth-order valence-electron chi connectivity index (χ4n) is 3.06. The maximum absolute atomic E-state index is 12.4. The van der Waals surface area contributed by atoms with Crippen LogP contribution < -0.4 is 10.0 Å². The molecule has 3 atom stereocenters. The van der Waals surface area contributed by atoms with E-state index in [2.05, 4.69) is 23.9 Å². The number of rotatable bonds is 6. The van der Waals surface area contributed by atoms with Crippen LogP contribution >= 0.6 is 0 Å². The first kappa shape index (κ1) is 16.5. The summed E-state index contributed by atoms with van der Waals surface area (Å²) >= 11 is 0. The van der Waals surface area contributed by atoms with Gasteiger partial charge in [0.2, 0.25) is 10.0 Å². The molecule has 1 aromatic rings. The third-order valence-electron chi connectivity index (χ3n) is 4.53. The summed E-state index contributed by atoms with van der Waals surface area (Å²) in [6, 6.07) is 7.83. The van der Waals surface area contributed by atoms with Crippen LogP contribution in [0.4, 0.5) is 0 Å². The van der Waals surface area contributed by atoms with Gasteiger partial charge < -0.3 is 5.32 Å². The van der Waals surface area contributed by atoms with Crippen molar-refractivity contribution < 1.29 is 8.42 Å². The normalized spacial score (nSPS) is 26.1. The first-order chi connectivity index (χ1) is 9.91. The Balaban J connectivity index is 2.02. The Morgan fingerprint density at radius 3 is 2.52 bits per heavy atom. The summed E-state index contributed by atoms with van der Waals surface area (Å²) in [6.45, 7) is 5.08. The fraction of sp³-hybridized carbons (Fsp3) is 0.625. The molecule has 1 aromatic carbocycles. The van der Waals surface area contributed by atoms with E-state index in [-0.39, 0.29) is 11.8 Å². The molecular formula is C16H26N2O2S. The molecule has 0 amide bonds. The quantitative estimate of drug-likeness (QED) is 0.847. The van der Waals surface area contributed by atoms with E-state index >= 15 is 0 Å². The number of sulfonamides is 1. The molecule has 5 heteroatoms. The summed E-state index contributed by atoms with van der Waals surface area (Å²) in [5, 5.41) is 3.08. The van der Waals surface area contributed by atoms with Crippen molar-refractivity contribution in [2.24, 2.45) is 11.8 Å². The number of nitrogens with one attached hydrogen (secondary N) is 2. The van der Waals surface area contributed by atoms with Gasteiger partial charge in [-0.25, -0.2) is 13.1 Å². The highest BCUT2D eigenvalue weighted by molar-refractivity contribution is 7.88. The Hall–Kier alpha value is -0.910. The van der Waals surface area contributed by atoms with E-state index in [9.17, 15) is 8.42 Å². The zero-order valence-electron chi connectivity index (χ0n) is 13.1. The van der Waals surface area contributed by atoms with Crippen LogP contribution in [0.3, 0.4) is 0 Å². The van der Waals surface area contributed by atoms with Crippen LogP contribution in [0.5, 0.6) is 0 Å². The van der Waals surface area contributed by atoms with E-state index in [1.807, 2.05) is 31.3 Å². The van der Waals surface area contributed by atoms with Crippen LogP contribution in [0.1, 0.15) is 37.8 Å². The van der Waals surface area contributed by atoms with Crippen LogP contribution in [-0.2, 0) is 22.3 Å². The predicted octanol–water partition coefficient (Wildman–Crippen LogP) is 2.26. The third-order valence-corrected chi connectivity index (χ3v) is 5.90. The standard InChI is InChI=1S/C16H26N2O2S/c1-12-7-8-16(13(12)2)18-21(19,20)11-15-6-4-5-14(9-15)10-17-3/h4-6,9,12-13,16-18H,7-8,10-11H2,1-3H3. The zero-order valence-corrected chi connectivity index (χ0v) is 13.9. The molecule has 1 fully saturated rings. The predicted molar refractivity (Wildman–Crippen MR) is 86.3 cm³/mol. The van der Waals surface area contributed by atoms with Gasteiger partial charge in [0.1, 0.15) is 0 Å². The summed E-state index contributed by atoms with van der Waals surface area (Å²) in [4.78, 5) is 0. The number of hydrogen-bond donors (Lipinski definition) is 2. The highest BCUT2D eigenvalue weighted by Gasteiger charge is 2.32. The maximum Gasteiger partial charge on any atom is 0.216 e. The first-order valence-electron chi connectivity index (χ1n) is 7.63. The van der Waals surface area contributed by atoms with E-state index in [1.165, 1.54) is 0 Å². The van der Waals surface area contributed by atoms with E-state index < -0.39 is 10.0 Å². The molecule has 2 N–H and O–H groups in total. The van der Waals surface area contributed by atoms with Crippen molar-refractivity contribution in [1.82, 2.24) is 10.0 Å². The molecule has 1 aliphatic carbocycles. The van der Waals surface area contributed by atoms with Crippen molar-refractivity contribution in [3.05, 3.63) is 35.4 Å². The first-order valence-corrected chi connectivity index (χ1v) is 9.29. The minimum Gasteiger partial charge on any atom is -0.316 e. The fourth-order valence-corrected chi connectivity index (χ4v) is 4.55. The zero-order chi connectivity index (χ0) is 15.5. The Bertz CT molecular complexity index is 571. The van der Waals surface area contributed by atoms with Crippen molar-refractivity contribution in [2.75, 3.05) is 7.05 Å². The molecule has 0 radical (unpaired) electrons. The largest absolute Gasteiger partial charge is 0.316 e. The molecule has 3 unspecified atom stereocenters. The van der Waals surface area contributed by atoms with Crippen molar-refractivity contribution in [3.63, 3.8) is 0 Å². The lowest BCUT2D eigenvalue weighted by molar-refractivity contribution is 0.402. The lowest BCUT2D eigenvalue weighted by Gasteiger charge is -2.19. The molecule has 0 aromatic heterocycles. The lowest BCUT2D eigenvalue weighted by atomic mass is 9.98. The van der Waals surface area contributed by atoms with Gasteiger partial charge in [0.05, 0.1) is 5.75 Å².